The molecule has 0 radical (unpaired) electrons. The number of para-hydroxylation sites is 3. The van der Waals surface area contributed by atoms with Crippen LogP contribution in [0.5, 0.6) is 0 Å². The number of nitrogens with zero attached hydrogens (tertiary/aromatic N) is 3. The Morgan fingerprint density at radius 3 is 1.75 bits per heavy atom. The summed E-state index contributed by atoms with van der Waals surface area (Å²) in [5, 5.41) is 6.91. The van der Waals surface area contributed by atoms with Crippen molar-refractivity contribution in [1.82, 2.24) is 4.57 Å². The highest BCUT2D eigenvalue weighted by Crippen LogP contribution is 2.53. The van der Waals surface area contributed by atoms with E-state index in [1.165, 1.54) is 55.1 Å². The second kappa shape index (κ2) is 14.8. The highest BCUT2D eigenvalue weighted by atomic mass is 16.3. The summed E-state index contributed by atoms with van der Waals surface area (Å²) in [6.07, 6.45) is 0. The third-order valence-electron chi connectivity index (χ3n) is 15.8. The van der Waals surface area contributed by atoms with E-state index in [0.717, 1.165) is 83.4 Å². The van der Waals surface area contributed by atoms with E-state index in [4.69, 9.17) is 8.83 Å². The summed E-state index contributed by atoms with van der Waals surface area (Å²) in [7, 11) is 0. The molecule has 0 saturated heterocycles. The second-order valence-electron chi connectivity index (χ2n) is 23.4. The second-order valence-corrected chi connectivity index (χ2v) is 23.4. The third kappa shape index (κ3) is 6.14. The molecule has 6 heteroatoms. The zero-order valence-electron chi connectivity index (χ0n) is 42.5. The lowest BCUT2D eigenvalue weighted by Gasteiger charge is -2.42. The first-order chi connectivity index (χ1) is 34.6. The first-order valence-electron chi connectivity index (χ1n) is 25.5. The molecule has 5 heterocycles. The van der Waals surface area contributed by atoms with Gasteiger partial charge in [-0.3, -0.25) is 0 Å². The van der Waals surface area contributed by atoms with E-state index in [9.17, 15) is 0 Å². The molecule has 0 spiro atoms. The Morgan fingerprint density at radius 2 is 1.06 bits per heavy atom. The summed E-state index contributed by atoms with van der Waals surface area (Å²) in [5.74, 6) is 0. The molecule has 0 saturated carbocycles. The van der Waals surface area contributed by atoms with Crippen LogP contribution in [0, 0.1) is 0 Å². The maximum atomic E-state index is 7.38. The van der Waals surface area contributed by atoms with Crippen LogP contribution in [0.3, 0.4) is 0 Å². The lowest BCUT2D eigenvalue weighted by Crippen LogP contribution is -2.60. The maximum Gasteiger partial charge on any atom is 0.333 e. The van der Waals surface area contributed by atoms with Gasteiger partial charge in [0.15, 0.2) is 0 Å². The molecule has 2 aliphatic heterocycles. The highest BCUT2D eigenvalue weighted by Gasteiger charge is 2.47. The van der Waals surface area contributed by atoms with Crippen molar-refractivity contribution in [2.75, 3.05) is 9.71 Å². The summed E-state index contributed by atoms with van der Waals surface area (Å²) in [5.41, 5.74) is 21.2. The van der Waals surface area contributed by atoms with E-state index in [-0.39, 0.29) is 23.1 Å². The molecule has 3 aromatic heterocycles. The fourth-order valence-electron chi connectivity index (χ4n) is 12.1. The lowest BCUT2D eigenvalue weighted by molar-refractivity contribution is 0.590. The van der Waals surface area contributed by atoms with Crippen LogP contribution in [0.1, 0.15) is 79.0 Å². The van der Waals surface area contributed by atoms with Gasteiger partial charge < -0.3 is 23.1 Å². The van der Waals surface area contributed by atoms with Gasteiger partial charge in [-0.1, -0.05) is 147 Å². The van der Waals surface area contributed by atoms with E-state index in [0.29, 0.717) is 0 Å². The summed E-state index contributed by atoms with van der Waals surface area (Å²) in [4.78, 5) is 4.95. The van der Waals surface area contributed by atoms with Crippen molar-refractivity contribution in [3.05, 3.63) is 193 Å². The Bertz CT molecular complexity index is 4170. The van der Waals surface area contributed by atoms with Gasteiger partial charge in [0, 0.05) is 83.6 Å². The lowest BCUT2D eigenvalue weighted by atomic mass is 9.43. The van der Waals surface area contributed by atoms with Crippen molar-refractivity contribution in [3.8, 4) is 16.8 Å². The number of hydrogen-bond acceptors (Lipinski definition) is 4. The standard InChI is InChI=1S/C66H56BN3O2/c1-64(2,3)39-24-28-44(29-25-39)70-54-38-57-48(47-36-45(30-33-56(47)71-57)68(42-18-12-10-13-19-42)43-20-14-11-15-21-43)37-50(54)60-61-62-58(59-46-22-16-17-23-55(46)72-63(59)60)49-34-40(65(4,5)6)26-31-52(49)69(62)53-32-27-41(66(7,8)9)35-51(53)67(61)70/h10-38H,1-9H3. The van der Waals surface area contributed by atoms with Gasteiger partial charge in [-0.25, -0.2) is 0 Å². The van der Waals surface area contributed by atoms with Gasteiger partial charge in [-0.15, -0.1) is 0 Å². The Morgan fingerprint density at radius 1 is 0.444 bits per heavy atom. The first-order valence-corrected chi connectivity index (χ1v) is 25.5. The normalized spacial score (nSPS) is 13.6. The van der Waals surface area contributed by atoms with E-state index in [1.54, 1.807) is 0 Å². The Hall–Kier alpha value is -7.96. The van der Waals surface area contributed by atoms with Gasteiger partial charge in [0.25, 0.3) is 0 Å². The van der Waals surface area contributed by atoms with Gasteiger partial charge in [0.05, 0.1) is 11.0 Å². The predicted molar refractivity (Wildman–Crippen MR) is 305 cm³/mol. The third-order valence-corrected chi connectivity index (χ3v) is 15.8. The van der Waals surface area contributed by atoms with Crippen LogP contribution in [-0.2, 0) is 16.2 Å². The summed E-state index contributed by atoms with van der Waals surface area (Å²) in [6.45, 7) is 20.6. The SMILES string of the molecule is CC(C)(C)c1ccc(N2B3c4cc(C(C)(C)C)ccc4-n4c5ccc(C(C)(C)C)cc5c5c6c(oc7ccccc76)c(c3c54)-c3cc4c(cc32)oc2ccc(N(c3ccccc3)c3ccccc3)cc24)cc1. The molecule has 5 nitrogen and oxygen atoms in total. The number of rotatable bonds is 4. The summed E-state index contributed by atoms with van der Waals surface area (Å²) < 4.78 is 17.0. The number of anilines is 5. The topological polar surface area (TPSA) is 37.7 Å². The largest absolute Gasteiger partial charge is 0.456 e. The van der Waals surface area contributed by atoms with Crippen LogP contribution in [0.15, 0.2) is 185 Å². The minimum atomic E-state index is -0.206. The number of fused-ring (bicyclic) bond motifs is 16. The molecule has 0 bridgehead atoms. The molecule has 0 amide bonds. The number of aromatic nitrogens is 1. The monoisotopic (exact) mass is 933 g/mol. The Labute approximate surface area is 421 Å². The van der Waals surface area contributed by atoms with Crippen molar-refractivity contribution in [2.24, 2.45) is 0 Å². The van der Waals surface area contributed by atoms with E-state index < -0.39 is 0 Å². The van der Waals surface area contributed by atoms with E-state index >= 15 is 0 Å². The molecular weight excluding hydrogens is 878 g/mol. The van der Waals surface area contributed by atoms with Gasteiger partial charge in [0.1, 0.15) is 22.3 Å². The molecule has 0 N–H and O–H groups in total. The molecule has 350 valence electrons. The molecule has 0 unspecified atom stereocenters. The minimum absolute atomic E-state index is 0.00815. The first kappa shape index (κ1) is 42.9. The van der Waals surface area contributed by atoms with Crippen LogP contribution in [0.4, 0.5) is 28.4 Å². The molecule has 12 aromatic rings. The van der Waals surface area contributed by atoms with Gasteiger partial charge >= 0.3 is 6.85 Å². The highest BCUT2D eigenvalue weighted by molar-refractivity contribution is 6.94. The molecule has 0 fully saturated rings. The maximum absolute atomic E-state index is 7.38. The minimum Gasteiger partial charge on any atom is -0.456 e. The molecule has 9 aromatic carbocycles. The van der Waals surface area contributed by atoms with Crippen molar-refractivity contribution in [2.45, 2.75) is 78.6 Å². The summed E-state index contributed by atoms with van der Waals surface area (Å²) >= 11 is 0. The van der Waals surface area contributed by atoms with E-state index in [2.05, 4.69) is 253 Å². The average molecular weight is 934 g/mol. The smallest absolute Gasteiger partial charge is 0.333 e. The van der Waals surface area contributed by atoms with Crippen LogP contribution in [0.25, 0.3) is 82.5 Å². The molecule has 0 aliphatic carbocycles. The molecule has 14 rings (SSSR count). The van der Waals surface area contributed by atoms with Crippen LogP contribution >= 0.6 is 0 Å². The van der Waals surface area contributed by atoms with Crippen molar-refractivity contribution < 1.29 is 8.83 Å². The van der Waals surface area contributed by atoms with Crippen molar-refractivity contribution in [1.29, 1.82) is 0 Å². The van der Waals surface area contributed by atoms with E-state index in [1.807, 2.05) is 0 Å². The molecule has 0 atom stereocenters. The number of furan rings is 2. The zero-order chi connectivity index (χ0) is 49.2. The van der Waals surface area contributed by atoms with Crippen LogP contribution in [-0.4, -0.2) is 11.4 Å². The zero-order valence-corrected chi connectivity index (χ0v) is 42.5. The molecule has 2 aliphatic rings. The Balaban J connectivity index is 1.15. The number of hydrogen-bond donors (Lipinski definition) is 0. The molecule has 72 heavy (non-hydrogen) atoms. The number of benzene rings is 9. The summed E-state index contributed by atoms with van der Waals surface area (Å²) in [6, 6.07) is 65.1. The van der Waals surface area contributed by atoms with Crippen LogP contribution in [0.2, 0.25) is 0 Å². The van der Waals surface area contributed by atoms with Gasteiger partial charge in [-0.05, 0) is 129 Å². The van der Waals surface area contributed by atoms with Crippen molar-refractivity contribution in [3.63, 3.8) is 0 Å². The average Bonchev–Trinajstić information content (AvgIpc) is 4.04. The van der Waals surface area contributed by atoms with Crippen molar-refractivity contribution >= 4 is 112 Å². The van der Waals surface area contributed by atoms with Gasteiger partial charge in [0.2, 0.25) is 0 Å². The van der Waals surface area contributed by atoms with Gasteiger partial charge in [-0.2, -0.15) is 0 Å². The Kier molecular flexibility index (Phi) is 8.82. The fourth-order valence-corrected chi connectivity index (χ4v) is 12.1. The molecular formula is C66H56BN3O2. The van der Waals surface area contributed by atoms with Crippen LogP contribution < -0.4 is 20.6 Å². The fraction of sp³-hybridized carbons (Fsp3) is 0.182. The predicted octanol–water partition coefficient (Wildman–Crippen LogP) is 17.2. The quantitative estimate of drug-likeness (QED) is 0.165.